The molecule has 0 saturated carbocycles. The van der Waals surface area contributed by atoms with Crippen molar-refractivity contribution in [1.82, 2.24) is 5.32 Å². The van der Waals surface area contributed by atoms with Crippen molar-refractivity contribution in [2.45, 2.75) is 18.9 Å². The Kier molecular flexibility index (Phi) is 7.94. The predicted octanol–water partition coefficient (Wildman–Crippen LogP) is 1.56. The van der Waals surface area contributed by atoms with Crippen molar-refractivity contribution in [2.75, 3.05) is 41.1 Å². The summed E-state index contributed by atoms with van der Waals surface area (Å²) >= 11 is 0. The fourth-order valence-electron chi connectivity index (χ4n) is 2.63. The van der Waals surface area contributed by atoms with E-state index in [2.05, 4.69) is 5.32 Å². The van der Waals surface area contributed by atoms with Gasteiger partial charge in [-0.15, -0.1) is 0 Å². The van der Waals surface area contributed by atoms with E-state index in [1.54, 1.807) is 12.1 Å². The molecule has 8 nitrogen and oxygen atoms in total. The van der Waals surface area contributed by atoms with E-state index >= 15 is 0 Å². The van der Waals surface area contributed by atoms with Crippen LogP contribution in [0.1, 0.15) is 18.4 Å². The molecule has 1 atom stereocenters. The number of amides is 1. The number of methoxy groups -OCH3 is 3. The Morgan fingerprint density at radius 3 is 2.44 bits per heavy atom. The molecule has 0 aromatic heterocycles. The number of carbonyl (C=O) groups is 2. The molecule has 1 aliphatic rings. The van der Waals surface area contributed by atoms with Crippen LogP contribution in [0.3, 0.4) is 0 Å². The van der Waals surface area contributed by atoms with Crippen LogP contribution < -0.4 is 19.5 Å². The third-order valence-corrected chi connectivity index (χ3v) is 4.00. The average molecular weight is 379 g/mol. The van der Waals surface area contributed by atoms with Crippen LogP contribution in [0, 0.1) is 0 Å². The second-order valence-electron chi connectivity index (χ2n) is 5.84. The Hall–Kier alpha value is -2.74. The zero-order valence-electron chi connectivity index (χ0n) is 15.8. The lowest BCUT2D eigenvalue weighted by atomic mass is 10.1. The minimum Gasteiger partial charge on any atom is -0.493 e. The summed E-state index contributed by atoms with van der Waals surface area (Å²) in [6.45, 7) is 0.810. The van der Waals surface area contributed by atoms with Gasteiger partial charge in [0, 0.05) is 19.2 Å². The van der Waals surface area contributed by atoms with Crippen LogP contribution in [0.15, 0.2) is 18.2 Å². The molecular formula is C19H25NO7. The smallest absolute Gasteiger partial charge is 0.331 e. The van der Waals surface area contributed by atoms with Crippen molar-refractivity contribution in [3.05, 3.63) is 23.8 Å². The zero-order chi connectivity index (χ0) is 19.6. The molecule has 0 radical (unpaired) electrons. The van der Waals surface area contributed by atoms with Crippen molar-refractivity contribution in [3.8, 4) is 17.2 Å². The van der Waals surface area contributed by atoms with Gasteiger partial charge in [-0.05, 0) is 36.6 Å². The zero-order valence-corrected chi connectivity index (χ0v) is 15.8. The Morgan fingerprint density at radius 1 is 1.19 bits per heavy atom. The van der Waals surface area contributed by atoms with E-state index in [9.17, 15) is 9.59 Å². The predicted molar refractivity (Wildman–Crippen MR) is 98.1 cm³/mol. The van der Waals surface area contributed by atoms with Crippen molar-refractivity contribution in [3.63, 3.8) is 0 Å². The molecule has 8 heteroatoms. The first-order valence-corrected chi connectivity index (χ1v) is 8.60. The number of hydrogen-bond donors (Lipinski definition) is 1. The highest BCUT2D eigenvalue weighted by Crippen LogP contribution is 2.38. The monoisotopic (exact) mass is 379 g/mol. The number of rotatable bonds is 9. The maximum absolute atomic E-state index is 11.8. The first-order valence-electron chi connectivity index (χ1n) is 8.60. The van der Waals surface area contributed by atoms with E-state index in [4.69, 9.17) is 23.7 Å². The molecule has 0 bridgehead atoms. The molecular weight excluding hydrogens is 354 g/mol. The first-order chi connectivity index (χ1) is 13.1. The summed E-state index contributed by atoms with van der Waals surface area (Å²) in [6.07, 6.45) is 4.74. The third-order valence-electron chi connectivity index (χ3n) is 4.00. The Balaban J connectivity index is 1.85. The van der Waals surface area contributed by atoms with E-state index in [1.807, 2.05) is 0 Å². The number of hydrogen-bond acceptors (Lipinski definition) is 7. The first kappa shape index (κ1) is 20.6. The molecule has 1 saturated heterocycles. The molecule has 0 spiro atoms. The van der Waals surface area contributed by atoms with Gasteiger partial charge in [0.05, 0.1) is 27.4 Å². The van der Waals surface area contributed by atoms with Gasteiger partial charge in [-0.25, -0.2) is 4.79 Å². The van der Waals surface area contributed by atoms with Crippen molar-refractivity contribution >= 4 is 18.0 Å². The summed E-state index contributed by atoms with van der Waals surface area (Å²) in [6, 6.07) is 3.39. The lowest BCUT2D eigenvalue weighted by Gasteiger charge is -2.12. The van der Waals surface area contributed by atoms with Crippen molar-refractivity contribution in [1.29, 1.82) is 0 Å². The molecule has 1 heterocycles. The SMILES string of the molecule is COc1cc(/C=C/C(=O)OCC(=O)NC[C@H]2CCCO2)cc(OC)c1OC. The van der Waals surface area contributed by atoms with Crippen LogP contribution in [-0.4, -0.2) is 59.1 Å². The van der Waals surface area contributed by atoms with E-state index < -0.39 is 5.97 Å². The Labute approximate surface area is 158 Å². The molecule has 1 amide bonds. The maximum atomic E-state index is 11.8. The van der Waals surface area contributed by atoms with Gasteiger partial charge in [0.2, 0.25) is 5.75 Å². The van der Waals surface area contributed by atoms with Gasteiger partial charge >= 0.3 is 5.97 Å². The fourth-order valence-corrected chi connectivity index (χ4v) is 2.63. The van der Waals surface area contributed by atoms with Crippen LogP contribution >= 0.6 is 0 Å². The van der Waals surface area contributed by atoms with Gasteiger partial charge < -0.3 is 29.0 Å². The lowest BCUT2D eigenvalue weighted by Crippen LogP contribution is -2.34. The number of carbonyl (C=O) groups excluding carboxylic acids is 2. The van der Waals surface area contributed by atoms with Crippen LogP contribution in [-0.2, 0) is 19.1 Å². The van der Waals surface area contributed by atoms with Crippen molar-refractivity contribution in [2.24, 2.45) is 0 Å². The number of nitrogens with one attached hydrogen (secondary N) is 1. The minimum absolute atomic E-state index is 0.0459. The number of benzene rings is 1. The highest BCUT2D eigenvalue weighted by Gasteiger charge is 2.16. The van der Waals surface area contributed by atoms with Crippen LogP contribution in [0.25, 0.3) is 6.08 Å². The van der Waals surface area contributed by atoms with Gasteiger partial charge in [-0.1, -0.05) is 0 Å². The molecule has 2 rings (SSSR count). The van der Waals surface area contributed by atoms with E-state index in [-0.39, 0.29) is 18.6 Å². The van der Waals surface area contributed by atoms with E-state index in [0.717, 1.165) is 19.4 Å². The van der Waals surface area contributed by atoms with Gasteiger partial charge in [0.1, 0.15) is 0 Å². The van der Waals surface area contributed by atoms with Gasteiger partial charge in [0.15, 0.2) is 18.1 Å². The van der Waals surface area contributed by atoms with Gasteiger partial charge in [-0.2, -0.15) is 0 Å². The molecule has 0 aliphatic carbocycles. The highest BCUT2D eigenvalue weighted by atomic mass is 16.5. The van der Waals surface area contributed by atoms with E-state index in [1.165, 1.54) is 33.5 Å². The molecule has 27 heavy (non-hydrogen) atoms. The van der Waals surface area contributed by atoms with Crippen LogP contribution in [0.5, 0.6) is 17.2 Å². The molecule has 148 valence electrons. The van der Waals surface area contributed by atoms with Crippen molar-refractivity contribution < 1.29 is 33.3 Å². The summed E-state index contributed by atoms with van der Waals surface area (Å²) in [4.78, 5) is 23.5. The third kappa shape index (κ3) is 6.18. The lowest BCUT2D eigenvalue weighted by molar-refractivity contribution is -0.143. The molecule has 1 fully saturated rings. The second-order valence-corrected chi connectivity index (χ2v) is 5.84. The largest absolute Gasteiger partial charge is 0.493 e. The summed E-state index contributed by atoms with van der Waals surface area (Å²) in [7, 11) is 4.53. The summed E-state index contributed by atoms with van der Waals surface area (Å²) < 4.78 is 26.1. The number of ether oxygens (including phenoxy) is 5. The normalized spacial score (nSPS) is 16.2. The Morgan fingerprint density at radius 2 is 1.89 bits per heavy atom. The second kappa shape index (κ2) is 10.4. The summed E-state index contributed by atoms with van der Waals surface area (Å²) in [5, 5.41) is 2.68. The topological polar surface area (TPSA) is 92.3 Å². The minimum atomic E-state index is -0.629. The summed E-state index contributed by atoms with van der Waals surface area (Å²) in [5.41, 5.74) is 0.657. The fraction of sp³-hybridized carbons (Fsp3) is 0.474. The number of esters is 1. The quantitative estimate of drug-likeness (QED) is 0.514. The molecule has 0 unspecified atom stereocenters. The molecule has 1 aromatic rings. The molecule has 1 aliphatic heterocycles. The van der Waals surface area contributed by atoms with Crippen LogP contribution in [0.4, 0.5) is 0 Å². The molecule has 1 N–H and O–H groups in total. The Bertz CT molecular complexity index is 656. The van der Waals surface area contributed by atoms with E-state index in [0.29, 0.717) is 29.4 Å². The average Bonchev–Trinajstić information content (AvgIpc) is 3.21. The highest BCUT2D eigenvalue weighted by molar-refractivity contribution is 5.89. The van der Waals surface area contributed by atoms with Gasteiger partial charge in [-0.3, -0.25) is 4.79 Å². The summed E-state index contributed by atoms with van der Waals surface area (Å²) in [5.74, 6) is 0.412. The standard InChI is InChI=1S/C19H25NO7/c1-23-15-9-13(10-16(24-2)19(15)25-3)6-7-18(22)27-12-17(21)20-11-14-5-4-8-26-14/h6-7,9-10,14H,4-5,8,11-12H2,1-3H3,(H,20,21)/b7-6+/t14-/m1/s1. The van der Waals surface area contributed by atoms with Crippen LogP contribution in [0.2, 0.25) is 0 Å². The molecule has 1 aromatic carbocycles. The maximum Gasteiger partial charge on any atom is 0.331 e. The van der Waals surface area contributed by atoms with Gasteiger partial charge in [0.25, 0.3) is 5.91 Å².